The molecule has 4 rings (SSSR count). The van der Waals surface area contributed by atoms with E-state index in [1.54, 1.807) is 6.20 Å². The van der Waals surface area contributed by atoms with Crippen LogP contribution in [0.1, 0.15) is 17.5 Å². The molecule has 0 spiro atoms. The van der Waals surface area contributed by atoms with Crippen LogP contribution in [-0.2, 0) is 11.3 Å². The molecule has 1 aliphatic rings. The number of aliphatic hydroxyl groups excluding tert-OH is 3. The van der Waals surface area contributed by atoms with Gasteiger partial charge in [-0.05, 0) is 29.7 Å². The molecule has 4 atom stereocenters. The van der Waals surface area contributed by atoms with Crippen LogP contribution in [0, 0.1) is 6.92 Å². The Labute approximate surface area is 177 Å². The Morgan fingerprint density at radius 3 is 2.48 bits per heavy atom. The highest BCUT2D eigenvalue weighted by atomic mass is 16.6. The van der Waals surface area contributed by atoms with Gasteiger partial charge in [0.15, 0.2) is 6.23 Å². The van der Waals surface area contributed by atoms with Gasteiger partial charge in [0.25, 0.3) is 5.56 Å². The number of nitrogens with zero attached hydrogens (tertiary/aromatic N) is 3. The predicted octanol–water partition coefficient (Wildman–Crippen LogP) is 0.0402. The molecule has 9 nitrogen and oxygen atoms in total. The second kappa shape index (κ2) is 8.56. The Morgan fingerprint density at radius 1 is 1.06 bits per heavy atom. The maximum Gasteiger partial charge on any atom is 0.333 e. The van der Waals surface area contributed by atoms with Crippen molar-refractivity contribution in [1.82, 2.24) is 14.1 Å². The molecule has 31 heavy (non-hydrogen) atoms. The smallest absolute Gasteiger partial charge is 0.333 e. The van der Waals surface area contributed by atoms with Crippen molar-refractivity contribution in [2.24, 2.45) is 0 Å². The summed E-state index contributed by atoms with van der Waals surface area (Å²) in [5.41, 5.74) is 2.09. The first-order valence-electron chi connectivity index (χ1n) is 9.86. The van der Waals surface area contributed by atoms with Gasteiger partial charge in [0.1, 0.15) is 18.3 Å². The Hall–Kier alpha value is -3.11. The molecular formula is C22H23N3O6. The van der Waals surface area contributed by atoms with Gasteiger partial charge in [-0.15, -0.1) is 0 Å². The molecule has 162 valence electrons. The summed E-state index contributed by atoms with van der Waals surface area (Å²) in [6, 6.07) is 12.8. The van der Waals surface area contributed by atoms with Crippen LogP contribution in [0.15, 0.2) is 64.4 Å². The average molecular weight is 425 g/mol. The van der Waals surface area contributed by atoms with Crippen LogP contribution in [0.2, 0.25) is 0 Å². The van der Waals surface area contributed by atoms with Crippen molar-refractivity contribution in [2.45, 2.75) is 38.0 Å². The highest BCUT2D eigenvalue weighted by Gasteiger charge is 2.43. The van der Waals surface area contributed by atoms with E-state index in [2.05, 4.69) is 4.98 Å². The van der Waals surface area contributed by atoms with Gasteiger partial charge < -0.3 is 20.1 Å². The summed E-state index contributed by atoms with van der Waals surface area (Å²) in [7, 11) is 0. The monoisotopic (exact) mass is 425 g/mol. The van der Waals surface area contributed by atoms with Gasteiger partial charge in [-0.3, -0.25) is 18.9 Å². The van der Waals surface area contributed by atoms with Gasteiger partial charge in [-0.25, -0.2) is 4.79 Å². The topological polar surface area (TPSA) is 127 Å². The van der Waals surface area contributed by atoms with Crippen molar-refractivity contribution in [2.75, 3.05) is 6.61 Å². The molecule has 2 aromatic heterocycles. The lowest BCUT2D eigenvalue weighted by atomic mass is 10.0. The van der Waals surface area contributed by atoms with Crippen LogP contribution < -0.4 is 11.2 Å². The van der Waals surface area contributed by atoms with E-state index in [-0.39, 0.29) is 6.54 Å². The minimum atomic E-state index is -1.43. The molecular weight excluding hydrogens is 402 g/mol. The molecule has 9 heteroatoms. The lowest BCUT2D eigenvalue weighted by molar-refractivity contribution is -0.0555. The third-order valence-corrected chi connectivity index (χ3v) is 5.59. The molecule has 0 aliphatic carbocycles. The summed E-state index contributed by atoms with van der Waals surface area (Å²) in [5.74, 6) is 0. The van der Waals surface area contributed by atoms with E-state index < -0.39 is 42.4 Å². The third-order valence-electron chi connectivity index (χ3n) is 5.59. The number of benzene rings is 1. The maximum atomic E-state index is 13.1. The van der Waals surface area contributed by atoms with Crippen molar-refractivity contribution in [3.8, 4) is 11.1 Å². The van der Waals surface area contributed by atoms with Gasteiger partial charge in [-0.2, -0.15) is 0 Å². The van der Waals surface area contributed by atoms with E-state index in [9.17, 15) is 24.9 Å². The molecule has 3 N–H and O–H groups in total. The molecule has 0 radical (unpaired) electrons. The summed E-state index contributed by atoms with van der Waals surface area (Å²) in [6.45, 7) is 1.29. The predicted molar refractivity (Wildman–Crippen MR) is 111 cm³/mol. The Morgan fingerprint density at radius 2 is 1.81 bits per heavy atom. The first kappa shape index (κ1) is 21.1. The van der Waals surface area contributed by atoms with Crippen LogP contribution in [0.4, 0.5) is 0 Å². The quantitative estimate of drug-likeness (QED) is 0.527. The van der Waals surface area contributed by atoms with Gasteiger partial charge >= 0.3 is 5.69 Å². The van der Waals surface area contributed by atoms with E-state index >= 15 is 0 Å². The van der Waals surface area contributed by atoms with Crippen LogP contribution >= 0.6 is 0 Å². The van der Waals surface area contributed by atoms with Crippen molar-refractivity contribution in [3.05, 3.63) is 87.0 Å². The minimum absolute atomic E-state index is 0.0696. The van der Waals surface area contributed by atoms with Gasteiger partial charge in [0, 0.05) is 18.5 Å². The molecule has 1 aromatic carbocycles. The van der Waals surface area contributed by atoms with Gasteiger partial charge in [-0.1, -0.05) is 30.3 Å². The number of hydrogen-bond acceptors (Lipinski definition) is 7. The van der Waals surface area contributed by atoms with Crippen LogP contribution in [0.3, 0.4) is 0 Å². The summed E-state index contributed by atoms with van der Waals surface area (Å²) in [5, 5.41) is 29.5. The number of hydrogen-bond donors (Lipinski definition) is 3. The SMILES string of the molecule is Cc1c(-c2ccccc2)ccnc1Cn1c(=O)ccn([C@@H]2O[C@H](CO)C(O)C2O)c1=O. The normalized spacial score (nSPS) is 23.2. The molecule has 0 amide bonds. The van der Waals surface area contributed by atoms with E-state index in [1.165, 1.54) is 12.3 Å². The summed E-state index contributed by atoms with van der Waals surface area (Å²) in [4.78, 5) is 29.9. The fourth-order valence-electron chi connectivity index (χ4n) is 3.80. The first-order valence-corrected chi connectivity index (χ1v) is 9.86. The summed E-state index contributed by atoms with van der Waals surface area (Å²) < 4.78 is 7.47. The van der Waals surface area contributed by atoms with Crippen molar-refractivity contribution in [1.29, 1.82) is 0 Å². The summed E-state index contributed by atoms with van der Waals surface area (Å²) in [6.07, 6.45) is -2.20. The van der Waals surface area contributed by atoms with E-state index in [1.807, 2.05) is 43.3 Å². The molecule has 3 heterocycles. The zero-order valence-electron chi connectivity index (χ0n) is 16.8. The number of aliphatic hydroxyl groups is 3. The maximum absolute atomic E-state index is 13.1. The largest absolute Gasteiger partial charge is 0.394 e. The molecule has 1 aliphatic heterocycles. The standard InChI is InChI=1S/C22H23N3O6/c1-13-15(14-5-3-2-4-6-14)7-9-23-16(13)11-25-18(27)8-10-24(22(25)30)21-20(29)19(28)17(12-26)31-21/h2-10,17,19-21,26,28-29H,11-12H2,1H3/t17-,19?,20?,21-/m1/s1. The highest BCUT2D eigenvalue weighted by molar-refractivity contribution is 5.67. The molecule has 3 aromatic rings. The lowest BCUT2D eigenvalue weighted by Crippen LogP contribution is -2.43. The van der Waals surface area contributed by atoms with E-state index in [4.69, 9.17) is 4.74 Å². The fraction of sp³-hybridized carbons (Fsp3) is 0.318. The number of aromatic nitrogens is 3. The third kappa shape index (κ3) is 3.84. The van der Waals surface area contributed by atoms with Crippen molar-refractivity contribution in [3.63, 3.8) is 0 Å². The Bertz CT molecular complexity index is 1190. The Balaban J connectivity index is 1.72. The molecule has 2 unspecified atom stereocenters. The Kier molecular flexibility index (Phi) is 5.84. The van der Waals surface area contributed by atoms with Gasteiger partial charge in [0.2, 0.25) is 0 Å². The van der Waals surface area contributed by atoms with Crippen LogP contribution in [0.5, 0.6) is 0 Å². The molecule has 0 saturated carbocycles. The average Bonchev–Trinajstić information content (AvgIpc) is 3.07. The number of pyridine rings is 1. The van der Waals surface area contributed by atoms with E-state index in [0.717, 1.165) is 25.8 Å². The second-order valence-electron chi connectivity index (χ2n) is 7.46. The summed E-state index contributed by atoms with van der Waals surface area (Å²) >= 11 is 0. The second-order valence-corrected chi connectivity index (χ2v) is 7.46. The zero-order chi connectivity index (χ0) is 22.1. The first-order chi connectivity index (χ1) is 14.9. The molecule has 1 fully saturated rings. The van der Waals surface area contributed by atoms with Crippen LogP contribution in [-0.4, -0.2) is 54.4 Å². The lowest BCUT2D eigenvalue weighted by Gasteiger charge is -2.19. The number of ether oxygens (including phenoxy) is 1. The van der Waals surface area contributed by atoms with Crippen molar-refractivity contribution >= 4 is 0 Å². The number of rotatable bonds is 5. The van der Waals surface area contributed by atoms with Crippen LogP contribution in [0.25, 0.3) is 11.1 Å². The van der Waals surface area contributed by atoms with Crippen molar-refractivity contribution < 1.29 is 20.1 Å². The minimum Gasteiger partial charge on any atom is -0.394 e. The molecule has 1 saturated heterocycles. The zero-order valence-corrected chi connectivity index (χ0v) is 16.8. The molecule has 0 bridgehead atoms. The fourth-order valence-corrected chi connectivity index (χ4v) is 3.80. The van der Waals surface area contributed by atoms with Gasteiger partial charge in [0.05, 0.1) is 18.8 Å². The highest BCUT2D eigenvalue weighted by Crippen LogP contribution is 2.28. The van der Waals surface area contributed by atoms with E-state index in [0.29, 0.717) is 5.69 Å².